The first-order valence-electron chi connectivity index (χ1n) is 6.28. The second-order valence-electron chi connectivity index (χ2n) is 5.46. The number of nitrogens with one attached hydrogen (secondary N) is 1. The van der Waals surface area contributed by atoms with Crippen LogP contribution in [0.1, 0.15) is 24.2 Å². The minimum Gasteiger partial charge on any atom is -0.335 e. The molecule has 0 radical (unpaired) electrons. The topological polar surface area (TPSA) is 75.5 Å². The van der Waals surface area contributed by atoms with E-state index in [1.807, 2.05) is 13.8 Å². The number of nitro benzene ring substituents is 1. The number of rotatable bonds is 2. The molecule has 7 heteroatoms. The van der Waals surface area contributed by atoms with Crippen molar-refractivity contribution < 1.29 is 14.1 Å². The number of hydrogen-bond donors (Lipinski definition) is 1. The Morgan fingerprint density at radius 3 is 2.75 bits per heavy atom. The fourth-order valence-corrected chi connectivity index (χ4v) is 2.28. The predicted molar refractivity (Wildman–Crippen MR) is 71.0 cm³/mol. The SMILES string of the molecule is CC1(C)CN(C(=O)c2ccc([N+](=O)[O-])cc2F)CCN1. The first-order chi connectivity index (χ1) is 9.30. The Bertz CT molecular complexity index is 560. The predicted octanol–water partition coefficient (Wildman–Crippen LogP) is 1.56. The van der Waals surface area contributed by atoms with Crippen molar-refractivity contribution in [1.82, 2.24) is 10.2 Å². The van der Waals surface area contributed by atoms with E-state index in [1.54, 1.807) is 4.90 Å². The summed E-state index contributed by atoms with van der Waals surface area (Å²) in [5, 5.41) is 13.8. The molecule has 0 bridgehead atoms. The van der Waals surface area contributed by atoms with Crippen LogP contribution in [0.15, 0.2) is 18.2 Å². The normalized spacial score (nSPS) is 17.9. The zero-order chi connectivity index (χ0) is 14.9. The van der Waals surface area contributed by atoms with Crippen LogP contribution in [0.3, 0.4) is 0 Å². The molecule has 108 valence electrons. The Morgan fingerprint density at radius 2 is 2.20 bits per heavy atom. The van der Waals surface area contributed by atoms with Gasteiger partial charge in [0, 0.05) is 31.2 Å². The molecule has 0 atom stereocenters. The number of carbonyl (C=O) groups excluding carboxylic acids is 1. The van der Waals surface area contributed by atoms with E-state index >= 15 is 0 Å². The second kappa shape index (κ2) is 5.16. The maximum Gasteiger partial charge on any atom is 0.272 e. The molecule has 1 heterocycles. The summed E-state index contributed by atoms with van der Waals surface area (Å²) in [4.78, 5) is 23.7. The van der Waals surface area contributed by atoms with Crippen LogP contribution in [-0.4, -0.2) is 40.9 Å². The molecule has 1 fully saturated rings. The quantitative estimate of drug-likeness (QED) is 0.659. The van der Waals surface area contributed by atoms with Crippen LogP contribution in [0, 0.1) is 15.9 Å². The highest BCUT2D eigenvalue weighted by Gasteiger charge is 2.30. The van der Waals surface area contributed by atoms with Gasteiger partial charge in [0.15, 0.2) is 0 Å². The molecule has 0 aromatic heterocycles. The summed E-state index contributed by atoms with van der Waals surface area (Å²) in [5.41, 5.74) is -0.724. The lowest BCUT2D eigenvalue weighted by Gasteiger charge is -2.39. The minimum absolute atomic E-state index is 0.131. The van der Waals surface area contributed by atoms with E-state index in [-0.39, 0.29) is 16.8 Å². The molecule has 1 aromatic rings. The lowest BCUT2D eigenvalue weighted by Crippen LogP contribution is -2.58. The number of piperazine rings is 1. The van der Waals surface area contributed by atoms with Crippen LogP contribution >= 0.6 is 0 Å². The molecule has 1 saturated heterocycles. The molecule has 6 nitrogen and oxygen atoms in total. The van der Waals surface area contributed by atoms with E-state index in [0.717, 1.165) is 12.1 Å². The maximum atomic E-state index is 13.8. The van der Waals surface area contributed by atoms with Crippen molar-refractivity contribution in [3.8, 4) is 0 Å². The summed E-state index contributed by atoms with van der Waals surface area (Å²) < 4.78 is 13.8. The molecule has 20 heavy (non-hydrogen) atoms. The number of carbonyl (C=O) groups is 1. The van der Waals surface area contributed by atoms with E-state index in [0.29, 0.717) is 19.6 Å². The van der Waals surface area contributed by atoms with Gasteiger partial charge in [0.2, 0.25) is 0 Å². The highest BCUT2D eigenvalue weighted by molar-refractivity contribution is 5.94. The van der Waals surface area contributed by atoms with Crippen LogP contribution in [0.5, 0.6) is 0 Å². The number of nitro groups is 1. The third-order valence-electron chi connectivity index (χ3n) is 3.25. The number of amides is 1. The molecule has 1 aliphatic heterocycles. The molecular formula is C13H16FN3O3. The number of nitrogens with zero attached hydrogens (tertiary/aromatic N) is 2. The standard InChI is InChI=1S/C13H16FN3O3/c1-13(2)8-16(6-5-15-13)12(18)10-4-3-9(17(19)20)7-11(10)14/h3-4,7,15H,5-6,8H2,1-2H3. The van der Waals surface area contributed by atoms with Gasteiger partial charge >= 0.3 is 0 Å². The molecule has 0 aliphatic carbocycles. The summed E-state index contributed by atoms with van der Waals surface area (Å²) in [6.07, 6.45) is 0. The smallest absolute Gasteiger partial charge is 0.272 e. The molecular weight excluding hydrogens is 265 g/mol. The van der Waals surface area contributed by atoms with Crippen molar-refractivity contribution in [2.75, 3.05) is 19.6 Å². The molecule has 2 rings (SSSR count). The second-order valence-corrected chi connectivity index (χ2v) is 5.46. The van der Waals surface area contributed by atoms with Crippen LogP contribution in [0.25, 0.3) is 0 Å². The Kier molecular flexibility index (Phi) is 3.71. The van der Waals surface area contributed by atoms with E-state index in [9.17, 15) is 19.3 Å². The Morgan fingerprint density at radius 1 is 1.50 bits per heavy atom. The van der Waals surface area contributed by atoms with Crippen LogP contribution in [0.2, 0.25) is 0 Å². The summed E-state index contributed by atoms with van der Waals surface area (Å²) in [5.74, 6) is -1.30. The third kappa shape index (κ3) is 2.93. The van der Waals surface area contributed by atoms with Crippen molar-refractivity contribution >= 4 is 11.6 Å². The van der Waals surface area contributed by atoms with E-state index < -0.39 is 16.6 Å². The number of non-ortho nitro benzene ring substituents is 1. The molecule has 0 unspecified atom stereocenters. The Hall–Kier alpha value is -2.02. The van der Waals surface area contributed by atoms with Crippen LogP contribution < -0.4 is 5.32 Å². The monoisotopic (exact) mass is 281 g/mol. The lowest BCUT2D eigenvalue weighted by atomic mass is 10.0. The van der Waals surface area contributed by atoms with Gasteiger partial charge in [-0.05, 0) is 19.9 Å². The Labute approximate surface area is 115 Å². The van der Waals surface area contributed by atoms with Gasteiger partial charge in [-0.25, -0.2) is 4.39 Å². The number of hydrogen-bond acceptors (Lipinski definition) is 4. The zero-order valence-electron chi connectivity index (χ0n) is 11.4. The zero-order valence-corrected chi connectivity index (χ0v) is 11.4. The molecule has 1 N–H and O–H groups in total. The van der Waals surface area contributed by atoms with E-state index in [2.05, 4.69) is 5.32 Å². The van der Waals surface area contributed by atoms with Crippen LogP contribution in [-0.2, 0) is 0 Å². The van der Waals surface area contributed by atoms with Crippen molar-refractivity contribution in [1.29, 1.82) is 0 Å². The average molecular weight is 281 g/mol. The summed E-state index contributed by atoms with van der Waals surface area (Å²) >= 11 is 0. The average Bonchev–Trinajstić information content (AvgIpc) is 2.36. The Balaban J connectivity index is 2.23. The number of halogens is 1. The molecule has 1 aromatic carbocycles. The summed E-state index contributed by atoms with van der Waals surface area (Å²) in [6.45, 7) is 5.49. The highest BCUT2D eigenvalue weighted by Crippen LogP contribution is 2.20. The fraction of sp³-hybridized carbons (Fsp3) is 0.462. The summed E-state index contributed by atoms with van der Waals surface area (Å²) in [7, 11) is 0. The van der Waals surface area contributed by atoms with Gasteiger partial charge < -0.3 is 10.2 Å². The van der Waals surface area contributed by atoms with Gasteiger partial charge in [0.1, 0.15) is 5.82 Å². The van der Waals surface area contributed by atoms with Crippen molar-refractivity contribution in [2.45, 2.75) is 19.4 Å². The largest absolute Gasteiger partial charge is 0.335 e. The first-order valence-corrected chi connectivity index (χ1v) is 6.28. The van der Waals surface area contributed by atoms with Gasteiger partial charge in [-0.15, -0.1) is 0 Å². The van der Waals surface area contributed by atoms with E-state index in [1.165, 1.54) is 6.07 Å². The number of benzene rings is 1. The van der Waals surface area contributed by atoms with Gasteiger partial charge in [0.25, 0.3) is 11.6 Å². The van der Waals surface area contributed by atoms with Crippen molar-refractivity contribution in [3.63, 3.8) is 0 Å². The molecule has 0 saturated carbocycles. The van der Waals surface area contributed by atoms with Gasteiger partial charge in [-0.1, -0.05) is 0 Å². The minimum atomic E-state index is -0.861. The van der Waals surface area contributed by atoms with Crippen molar-refractivity contribution in [3.05, 3.63) is 39.7 Å². The van der Waals surface area contributed by atoms with Crippen molar-refractivity contribution in [2.24, 2.45) is 0 Å². The summed E-state index contributed by atoms with van der Waals surface area (Å²) in [6, 6.07) is 3.09. The van der Waals surface area contributed by atoms with Crippen LogP contribution in [0.4, 0.5) is 10.1 Å². The molecule has 1 amide bonds. The highest BCUT2D eigenvalue weighted by atomic mass is 19.1. The molecule has 0 spiro atoms. The fourth-order valence-electron chi connectivity index (χ4n) is 2.28. The van der Waals surface area contributed by atoms with Gasteiger partial charge in [-0.3, -0.25) is 14.9 Å². The van der Waals surface area contributed by atoms with E-state index in [4.69, 9.17) is 0 Å². The molecule has 1 aliphatic rings. The van der Waals surface area contributed by atoms with Gasteiger partial charge in [0.05, 0.1) is 16.6 Å². The van der Waals surface area contributed by atoms with Gasteiger partial charge in [-0.2, -0.15) is 0 Å². The lowest BCUT2D eigenvalue weighted by molar-refractivity contribution is -0.385. The third-order valence-corrected chi connectivity index (χ3v) is 3.25. The maximum absolute atomic E-state index is 13.8. The first kappa shape index (κ1) is 14.4.